The third-order valence-corrected chi connectivity index (χ3v) is 4.60. The van der Waals surface area contributed by atoms with Crippen LogP contribution in [0.3, 0.4) is 0 Å². The molecule has 1 N–H and O–H groups in total. The highest BCUT2D eigenvalue weighted by Gasteiger charge is 2.36. The van der Waals surface area contributed by atoms with E-state index in [-0.39, 0.29) is 6.61 Å². The molecule has 4 atom stereocenters. The average molecular weight is 272 g/mol. The fourth-order valence-electron chi connectivity index (χ4n) is 3.62. The van der Waals surface area contributed by atoms with Gasteiger partial charge in [-0.25, -0.2) is 0 Å². The van der Waals surface area contributed by atoms with Gasteiger partial charge >= 0.3 is 0 Å². The lowest BCUT2D eigenvalue weighted by Gasteiger charge is -2.41. The van der Waals surface area contributed by atoms with Crippen LogP contribution in [0, 0.1) is 11.8 Å². The second-order valence-corrected chi connectivity index (χ2v) is 5.85. The van der Waals surface area contributed by atoms with E-state index in [1.165, 1.54) is 32.1 Å². The van der Waals surface area contributed by atoms with E-state index in [0.717, 1.165) is 24.9 Å². The number of rotatable bonds is 7. The molecule has 19 heavy (non-hydrogen) atoms. The van der Waals surface area contributed by atoms with Crippen LogP contribution in [0.25, 0.3) is 0 Å². The molecule has 0 aromatic carbocycles. The summed E-state index contributed by atoms with van der Waals surface area (Å²) in [7, 11) is 1.72. The van der Waals surface area contributed by atoms with E-state index in [1.807, 2.05) is 0 Å². The molecular formula is C15H28O4. The lowest BCUT2D eigenvalue weighted by atomic mass is 9.69. The summed E-state index contributed by atoms with van der Waals surface area (Å²) in [6.45, 7) is 2.05. The van der Waals surface area contributed by atoms with Gasteiger partial charge in [0.05, 0.1) is 38.6 Å². The molecule has 0 aromatic rings. The fourth-order valence-corrected chi connectivity index (χ4v) is 3.62. The summed E-state index contributed by atoms with van der Waals surface area (Å²) in [6.07, 6.45) is 8.04. The van der Waals surface area contributed by atoms with Crippen molar-refractivity contribution in [2.75, 3.05) is 33.5 Å². The Morgan fingerprint density at radius 1 is 0.842 bits per heavy atom. The third-order valence-electron chi connectivity index (χ3n) is 4.60. The summed E-state index contributed by atoms with van der Waals surface area (Å²) >= 11 is 0. The molecule has 2 rings (SSSR count). The largest absolute Gasteiger partial charge is 0.394 e. The van der Waals surface area contributed by atoms with Crippen molar-refractivity contribution < 1.29 is 19.3 Å². The van der Waals surface area contributed by atoms with Crippen LogP contribution in [-0.2, 0) is 14.2 Å². The Bertz CT molecular complexity index is 246. The molecule has 112 valence electrons. The highest BCUT2D eigenvalue weighted by molar-refractivity contribution is 4.87. The molecule has 0 spiro atoms. The summed E-state index contributed by atoms with van der Waals surface area (Å²) in [5.74, 6) is 1.62. The SMILES string of the molecule is COCCOC1CCC2CC(OCCO)CCC2C1. The molecule has 4 heteroatoms. The zero-order chi connectivity index (χ0) is 13.5. The third kappa shape index (κ3) is 4.71. The number of hydrogen-bond acceptors (Lipinski definition) is 4. The molecule has 0 heterocycles. The van der Waals surface area contributed by atoms with Crippen LogP contribution >= 0.6 is 0 Å². The zero-order valence-electron chi connectivity index (χ0n) is 12.1. The number of aliphatic hydroxyl groups is 1. The van der Waals surface area contributed by atoms with Crippen molar-refractivity contribution in [3.8, 4) is 0 Å². The monoisotopic (exact) mass is 272 g/mol. The Kier molecular flexibility index (Phi) is 6.57. The molecule has 2 aliphatic rings. The van der Waals surface area contributed by atoms with Crippen molar-refractivity contribution in [1.82, 2.24) is 0 Å². The van der Waals surface area contributed by atoms with Crippen LogP contribution in [-0.4, -0.2) is 50.9 Å². The molecule has 0 amide bonds. The molecule has 4 unspecified atom stereocenters. The summed E-state index contributed by atoms with van der Waals surface area (Å²) in [5.41, 5.74) is 0. The van der Waals surface area contributed by atoms with E-state index < -0.39 is 0 Å². The fraction of sp³-hybridized carbons (Fsp3) is 1.00. The van der Waals surface area contributed by atoms with Gasteiger partial charge in [-0.15, -0.1) is 0 Å². The summed E-state index contributed by atoms with van der Waals surface area (Å²) in [5, 5.41) is 8.82. The number of hydrogen-bond donors (Lipinski definition) is 1. The van der Waals surface area contributed by atoms with Crippen LogP contribution < -0.4 is 0 Å². The summed E-state index contributed by atoms with van der Waals surface area (Å²) in [4.78, 5) is 0. The van der Waals surface area contributed by atoms with Crippen LogP contribution in [0.15, 0.2) is 0 Å². The lowest BCUT2D eigenvalue weighted by Crippen LogP contribution is -2.37. The predicted octanol–water partition coefficient (Wildman–Crippen LogP) is 2.00. The molecule has 0 saturated heterocycles. The maximum atomic E-state index is 8.82. The maximum Gasteiger partial charge on any atom is 0.0704 e. The second-order valence-electron chi connectivity index (χ2n) is 5.85. The van der Waals surface area contributed by atoms with Gasteiger partial charge < -0.3 is 19.3 Å². The first-order chi connectivity index (χ1) is 9.33. The average Bonchev–Trinajstić information content (AvgIpc) is 2.45. The van der Waals surface area contributed by atoms with Crippen LogP contribution in [0.2, 0.25) is 0 Å². The van der Waals surface area contributed by atoms with Crippen molar-refractivity contribution in [3.05, 3.63) is 0 Å². The number of ether oxygens (including phenoxy) is 3. The first-order valence-corrected chi connectivity index (χ1v) is 7.66. The van der Waals surface area contributed by atoms with E-state index in [1.54, 1.807) is 7.11 Å². The van der Waals surface area contributed by atoms with Crippen LogP contribution in [0.5, 0.6) is 0 Å². The smallest absolute Gasteiger partial charge is 0.0704 e. The number of fused-ring (bicyclic) bond motifs is 1. The van der Waals surface area contributed by atoms with Gasteiger partial charge in [-0.05, 0) is 50.4 Å². The van der Waals surface area contributed by atoms with Gasteiger partial charge in [-0.1, -0.05) is 0 Å². The van der Waals surface area contributed by atoms with E-state index >= 15 is 0 Å². The highest BCUT2D eigenvalue weighted by atomic mass is 16.5. The van der Waals surface area contributed by atoms with Gasteiger partial charge in [0.25, 0.3) is 0 Å². The van der Waals surface area contributed by atoms with Crippen molar-refractivity contribution in [2.45, 2.75) is 50.7 Å². The second kappa shape index (κ2) is 8.20. The van der Waals surface area contributed by atoms with Crippen molar-refractivity contribution >= 4 is 0 Å². The molecule has 2 saturated carbocycles. The van der Waals surface area contributed by atoms with Crippen LogP contribution in [0.4, 0.5) is 0 Å². The standard InChI is InChI=1S/C15H28O4/c1-17-8-9-19-15-5-3-12-10-14(18-7-6-16)4-2-13(12)11-15/h12-16H,2-11H2,1H3. The van der Waals surface area contributed by atoms with Crippen molar-refractivity contribution in [1.29, 1.82) is 0 Å². The van der Waals surface area contributed by atoms with E-state index in [0.29, 0.717) is 25.4 Å². The Balaban J connectivity index is 1.69. The molecular weight excluding hydrogens is 244 g/mol. The van der Waals surface area contributed by atoms with Gasteiger partial charge in [-0.3, -0.25) is 0 Å². The van der Waals surface area contributed by atoms with E-state index in [2.05, 4.69) is 0 Å². The molecule has 2 fully saturated rings. The molecule has 0 bridgehead atoms. The van der Waals surface area contributed by atoms with Crippen molar-refractivity contribution in [3.63, 3.8) is 0 Å². The first-order valence-electron chi connectivity index (χ1n) is 7.66. The number of methoxy groups -OCH3 is 1. The van der Waals surface area contributed by atoms with Crippen LogP contribution in [0.1, 0.15) is 38.5 Å². The Morgan fingerprint density at radius 2 is 1.42 bits per heavy atom. The Labute approximate surface area is 116 Å². The first kappa shape index (κ1) is 15.2. The topological polar surface area (TPSA) is 47.9 Å². The maximum absolute atomic E-state index is 8.82. The minimum atomic E-state index is 0.139. The van der Waals surface area contributed by atoms with E-state index in [4.69, 9.17) is 19.3 Å². The molecule has 0 radical (unpaired) electrons. The summed E-state index contributed by atoms with van der Waals surface area (Å²) in [6, 6.07) is 0. The van der Waals surface area contributed by atoms with Gasteiger partial charge in [0.2, 0.25) is 0 Å². The Hall–Kier alpha value is -0.160. The molecule has 0 aromatic heterocycles. The van der Waals surface area contributed by atoms with Gasteiger partial charge in [0.15, 0.2) is 0 Å². The minimum absolute atomic E-state index is 0.139. The zero-order valence-corrected chi connectivity index (χ0v) is 12.1. The Morgan fingerprint density at radius 3 is 1.95 bits per heavy atom. The molecule has 4 nitrogen and oxygen atoms in total. The summed E-state index contributed by atoms with van der Waals surface area (Å²) < 4.78 is 16.6. The lowest BCUT2D eigenvalue weighted by molar-refractivity contribution is -0.0617. The number of aliphatic hydroxyl groups excluding tert-OH is 1. The van der Waals surface area contributed by atoms with E-state index in [9.17, 15) is 0 Å². The van der Waals surface area contributed by atoms with Gasteiger partial charge in [-0.2, -0.15) is 0 Å². The van der Waals surface area contributed by atoms with Crippen molar-refractivity contribution in [2.24, 2.45) is 11.8 Å². The molecule has 2 aliphatic carbocycles. The predicted molar refractivity (Wildman–Crippen MR) is 73.1 cm³/mol. The minimum Gasteiger partial charge on any atom is -0.394 e. The highest BCUT2D eigenvalue weighted by Crippen LogP contribution is 2.42. The quantitative estimate of drug-likeness (QED) is 0.720. The molecule has 0 aliphatic heterocycles. The normalized spacial score (nSPS) is 35.1. The van der Waals surface area contributed by atoms with Gasteiger partial charge in [0.1, 0.15) is 0 Å². The van der Waals surface area contributed by atoms with Gasteiger partial charge in [0, 0.05) is 7.11 Å².